The molecule has 0 bridgehead atoms. The van der Waals surface area contributed by atoms with E-state index in [1.807, 2.05) is 60.7 Å². The lowest BCUT2D eigenvalue weighted by atomic mass is 9.99. The zero-order valence-electron chi connectivity index (χ0n) is 12.1. The molecule has 3 aromatic rings. The van der Waals surface area contributed by atoms with Crippen LogP contribution in [0.2, 0.25) is 0 Å². The molecule has 22 heavy (non-hydrogen) atoms. The van der Waals surface area contributed by atoms with Crippen molar-refractivity contribution in [1.29, 1.82) is 0 Å². The number of hydrogen-bond donors (Lipinski definition) is 1. The van der Waals surface area contributed by atoms with Gasteiger partial charge in [0.1, 0.15) is 6.61 Å². The van der Waals surface area contributed by atoms with Gasteiger partial charge in [0.15, 0.2) is 5.69 Å². The van der Waals surface area contributed by atoms with Crippen LogP contribution in [0.15, 0.2) is 60.7 Å². The van der Waals surface area contributed by atoms with Crippen LogP contribution in [-0.2, 0) is 11.3 Å². The van der Waals surface area contributed by atoms with Crippen molar-refractivity contribution in [3.63, 3.8) is 0 Å². The van der Waals surface area contributed by atoms with E-state index in [0.717, 1.165) is 11.1 Å². The van der Waals surface area contributed by atoms with Crippen molar-refractivity contribution in [2.45, 2.75) is 6.61 Å². The van der Waals surface area contributed by atoms with Crippen molar-refractivity contribution in [1.82, 2.24) is 4.85 Å². The molecule has 0 aliphatic carbocycles. The highest BCUT2D eigenvalue weighted by Gasteiger charge is 2.29. The number of aromatic nitrogens is 2. The van der Waals surface area contributed by atoms with Gasteiger partial charge in [0.25, 0.3) is 5.69 Å². The summed E-state index contributed by atoms with van der Waals surface area (Å²) in [6, 6.07) is 18.8. The van der Waals surface area contributed by atoms with Gasteiger partial charge < -0.3 is 15.2 Å². The van der Waals surface area contributed by atoms with Crippen LogP contribution in [0.5, 0.6) is 0 Å². The first-order chi connectivity index (χ1) is 10.7. The van der Waals surface area contributed by atoms with Crippen molar-refractivity contribution in [3.05, 3.63) is 71.6 Å². The Hall–Kier alpha value is -2.79. The van der Waals surface area contributed by atoms with Crippen LogP contribution in [0.3, 0.4) is 0 Å². The Kier molecular flexibility index (Phi) is 3.80. The Morgan fingerprint density at radius 1 is 1.00 bits per heavy atom. The molecule has 0 amide bonds. The zero-order valence-corrected chi connectivity index (χ0v) is 12.1. The van der Waals surface area contributed by atoms with Crippen molar-refractivity contribution < 1.29 is 14.8 Å². The summed E-state index contributed by atoms with van der Waals surface area (Å²) < 4.78 is 5.13. The first-order valence-corrected chi connectivity index (χ1v) is 6.90. The molecular weight excluding hydrogens is 280 g/mol. The molecular formula is C17H16N2O3. The second-order valence-corrected chi connectivity index (χ2v) is 4.90. The highest BCUT2D eigenvalue weighted by Crippen LogP contribution is 2.33. The monoisotopic (exact) mass is 296 g/mol. The number of benzene rings is 2. The molecule has 1 aromatic heterocycles. The smallest absolute Gasteiger partial charge is 0.258 e. The lowest BCUT2D eigenvalue weighted by Gasteiger charge is -2.03. The molecule has 0 aliphatic rings. The molecule has 0 spiro atoms. The summed E-state index contributed by atoms with van der Waals surface area (Å²) in [5.74, 6) is 0. The minimum atomic E-state index is 0.112. The van der Waals surface area contributed by atoms with Gasteiger partial charge >= 0.3 is 0 Å². The van der Waals surface area contributed by atoms with Crippen LogP contribution >= 0.6 is 0 Å². The van der Waals surface area contributed by atoms with Crippen molar-refractivity contribution in [2.24, 2.45) is 0 Å². The van der Waals surface area contributed by atoms with Crippen molar-refractivity contribution in [3.8, 4) is 22.4 Å². The molecule has 2 aromatic carbocycles. The van der Waals surface area contributed by atoms with Gasteiger partial charge in [-0.15, -0.1) is 0 Å². The van der Waals surface area contributed by atoms with Gasteiger partial charge in [-0.3, -0.25) is 0 Å². The number of rotatable bonds is 4. The maximum atomic E-state index is 12.3. The molecule has 1 N–H and O–H groups in total. The first kappa shape index (κ1) is 14.2. The second kappa shape index (κ2) is 5.91. The van der Waals surface area contributed by atoms with Gasteiger partial charge in [-0.2, -0.15) is 0 Å². The third-order valence-corrected chi connectivity index (χ3v) is 3.52. The third kappa shape index (κ3) is 2.31. The molecule has 0 unspecified atom stereocenters. The molecule has 5 nitrogen and oxygen atoms in total. The van der Waals surface area contributed by atoms with E-state index in [0.29, 0.717) is 26.6 Å². The standard InChI is InChI=1S/C17H16N2O3/c1-22-12-15-16(13-8-4-2-5-9-13)17(19(21)18(15)20)14-10-6-3-7-11-14/h2-11,21H,12H2,1H3. The van der Waals surface area contributed by atoms with Crippen molar-refractivity contribution >= 4 is 0 Å². The average molecular weight is 296 g/mol. The zero-order chi connectivity index (χ0) is 15.5. The summed E-state index contributed by atoms with van der Waals surface area (Å²) in [7, 11) is 1.52. The quantitative estimate of drug-likeness (QED) is 0.457. The number of nitrogens with zero attached hydrogens (tertiary/aromatic N) is 2. The van der Waals surface area contributed by atoms with Gasteiger partial charge in [0, 0.05) is 17.5 Å². The minimum absolute atomic E-state index is 0.112. The maximum absolute atomic E-state index is 12.3. The predicted molar refractivity (Wildman–Crippen MR) is 82.2 cm³/mol. The highest BCUT2D eigenvalue weighted by molar-refractivity contribution is 5.81. The maximum Gasteiger partial charge on any atom is 0.258 e. The van der Waals surface area contributed by atoms with Crippen LogP contribution in [0, 0.1) is 5.21 Å². The van der Waals surface area contributed by atoms with E-state index in [2.05, 4.69) is 0 Å². The van der Waals surface area contributed by atoms with Crippen molar-refractivity contribution in [2.75, 3.05) is 7.11 Å². The van der Waals surface area contributed by atoms with E-state index < -0.39 is 0 Å². The van der Waals surface area contributed by atoms with E-state index >= 15 is 0 Å². The molecule has 0 aliphatic heterocycles. The van der Waals surface area contributed by atoms with Gasteiger partial charge in [-0.05, 0) is 10.4 Å². The number of hydrogen-bond acceptors (Lipinski definition) is 3. The lowest BCUT2D eigenvalue weighted by Crippen LogP contribution is -2.40. The fourth-order valence-corrected chi connectivity index (χ4v) is 2.57. The SMILES string of the molecule is COCc1c(-c2ccccc2)c(-c2ccccc2)n(O)[n+]1[O-]. The largest absolute Gasteiger partial charge is 0.593 e. The molecule has 5 heteroatoms. The molecule has 112 valence electrons. The van der Waals surface area contributed by atoms with Gasteiger partial charge in [0.2, 0.25) is 0 Å². The summed E-state index contributed by atoms with van der Waals surface area (Å²) in [6.07, 6.45) is 0. The van der Waals surface area contributed by atoms with E-state index in [4.69, 9.17) is 4.74 Å². The van der Waals surface area contributed by atoms with Gasteiger partial charge in [0.05, 0.1) is 5.56 Å². The van der Waals surface area contributed by atoms with Crippen LogP contribution in [-0.4, -0.2) is 17.2 Å². The normalized spacial score (nSPS) is 10.8. The average Bonchev–Trinajstić information content (AvgIpc) is 2.82. The van der Waals surface area contributed by atoms with E-state index in [-0.39, 0.29) is 6.61 Å². The summed E-state index contributed by atoms with van der Waals surface area (Å²) in [6.45, 7) is 0.112. The van der Waals surface area contributed by atoms with Crippen LogP contribution in [0.4, 0.5) is 0 Å². The molecule has 0 saturated heterocycles. The van der Waals surface area contributed by atoms with Gasteiger partial charge in [-0.25, -0.2) is 0 Å². The van der Waals surface area contributed by atoms with Crippen LogP contribution in [0.25, 0.3) is 22.4 Å². The topological polar surface area (TPSA) is 61.3 Å². The summed E-state index contributed by atoms with van der Waals surface area (Å²) in [5, 5.41) is 22.5. The Balaban J connectivity index is 2.32. The fourth-order valence-electron chi connectivity index (χ4n) is 2.57. The molecule has 0 atom stereocenters. The minimum Gasteiger partial charge on any atom is -0.593 e. The van der Waals surface area contributed by atoms with Gasteiger partial charge in [-0.1, -0.05) is 60.7 Å². The Bertz CT molecular complexity index is 768. The van der Waals surface area contributed by atoms with E-state index in [9.17, 15) is 10.4 Å². The van der Waals surface area contributed by atoms with Crippen LogP contribution < -0.4 is 4.85 Å². The fraction of sp³-hybridized carbons (Fsp3) is 0.118. The summed E-state index contributed by atoms with van der Waals surface area (Å²) >= 11 is 0. The number of ether oxygens (including phenoxy) is 1. The second-order valence-electron chi connectivity index (χ2n) is 4.90. The molecule has 3 rings (SSSR count). The Morgan fingerprint density at radius 3 is 2.09 bits per heavy atom. The first-order valence-electron chi connectivity index (χ1n) is 6.90. The van der Waals surface area contributed by atoms with E-state index in [1.54, 1.807) is 0 Å². The predicted octanol–water partition coefficient (Wildman–Crippen LogP) is 2.84. The lowest BCUT2D eigenvalue weighted by molar-refractivity contribution is -0.731. The van der Waals surface area contributed by atoms with E-state index in [1.165, 1.54) is 7.11 Å². The molecule has 0 radical (unpaired) electrons. The molecule has 0 fully saturated rings. The van der Waals surface area contributed by atoms with Crippen LogP contribution in [0.1, 0.15) is 5.69 Å². The molecule has 1 heterocycles. The highest BCUT2D eigenvalue weighted by atomic mass is 16.6. The third-order valence-electron chi connectivity index (χ3n) is 3.52. The Morgan fingerprint density at radius 2 is 1.55 bits per heavy atom. The number of methoxy groups -OCH3 is 1. The summed E-state index contributed by atoms with van der Waals surface area (Å²) in [5.41, 5.74) is 3.11. The summed E-state index contributed by atoms with van der Waals surface area (Å²) in [4.78, 5) is 1.10. The Labute approximate surface area is 128 Å². The molecule has 0 saturated carbocycles.